The van der Waals surface area contributed by atoms with Gasteiger partial charge in [-0.05, 0) is 81.4 Å². The first kappa shape index (κ1) is 24.9. The summed E-state index contributed by atoms with van der Waals surface area (Å²) in [5.74, 6) is 0.00537. The molecule has 0 radical (unpaired) electrons. The van der Waals surface area contributed by atoms with Crippen LogP contribution in [-0.4, -0.2) is 43.0 Å². The zero-order valence-corrected chi connectivity index (χ0v) is 21.0. The van der Waals surface area contributed by atoms with Gasteiger partial charge in [-0.1, -0.05) is 59.9 Å². The number of anilines is 1. The van der Waals surface area contributed by atoms with Gasteiger partial charge in [0.1, 0.15) is 0 Å². The van der Waals surface area contributed by atoms with Gasteiger partial charge < -0.3 is 4.90 Å². The van der Waals surface area contributed by atoms with Crippen molar-refractivity contribution in [3.8, 4) is 0 Å². The molecule has 1 heterocycles. The number of aryl methyl sites for hydroxylation is 1. The smallest absolute Gasteiger partial charge is 0.260 e. The fraction of sp³-hybridized carbons (Fsp3) is 0.259. The van der Waals surface area contributed by atoms with Crippen LogP contribution in [0, 0.1) is 6.92 Å². The van der Waals surface area contributed by atoms with Crippen LogP contribution < -0.4 is 4.90 Å². The van der Waals surface area contributed by atoms with Crippen LogP contribution in [0.25, 0.3) is 10.2 Å². The molecule has 0 bridgehead atoms. The maximum absolute atomic E-state index is 13.5. The lowest BCUT2D eigenvalue weighted by Crippen LogP contribution is -2.33. The number of hydrogen-bond donors (Lipinski definition) is 0. The predicted octanol–water partition coefficient (Wildman–Crippen LogP) is 6.22. The van der Waals surface area contributed by atoms with E-state index in [1.54, 1.807) is 11.3 Å². The van der Waals surface area contributed by atoms with Crippen molar-refractivity contribution in [2.75, 3.05) is 32.1 Å². The second-order valence-corrected chi connectivity index (χ2v) is 9.45. The summed E-state index contributed by atoms with van der Waals surface area (Å²) >= 11 is 1.59. The van der Waals surface area contributed by atoms with Gasteiger partial charge in [-0.2, -0.15) is 0 Å². The Morgan fingerprint density at radius 2 is 1.61 bits per heavy atom. The zero-order valence-electron chi connectivity index (χ0n) is 19.3. The van der Waals surface area contributed by atoms with Crippen molar-refractivity contribution in [2.24, 2.45) is 0 Å². The molecule has 0 aliphatic heterocycles. The highest BCUT2D eigenvalue weighted by Gasteiger charge is 2.21. The average molecular weight is 480 g/mol. The van der Waals surface area contributed by atoms with E-state index in [9.17, 15) is 4.79 Å². The molecule has 4 nitrogen and oxygen atoms in total. The molecular formula is C27H30ClN3OS. The van der Waals surface area contributed by atoms with Crippen molar-refractivity contribution in [3.63, 3.8) is 0 Å². The summed E-state index contributed by atoms with van der Waals surface area (Å²) in [6.45, 7) is 3.64. The molecule has 0 spiro atoms. The summed E-state index contributed by atoms with van der Waals surface area (Å²) in [5, 5.41) is 0.766. The third kappa shape index (κ3) is 6.41. The van der Waals surface area contributed by atoms with Crippen LogP contribution in [0.15, 0.2) is 72.8 Å². The number of thiazole rings is 1. The molecule has 0 fully saturated rings. The molecule has 4 rings (SSSR count). The summed E-state index contributed by atoms with van der Waals surface area (Å²) in [6, 6.07) is 24.6. The van der Waals surface area contributed by atoms with Gasteiger partial charge in [0.2, 0.25) is 0 Å². The molecule has 0 aliphatic carbocycles. The van der Waals surface area contributed by atoms with Crippen molar-refractivity contribution in [2.45, 2.75) is 19.8 Å². The molecule has 1 aromatic heterocycles. The average Bonchev–Trinajstić information content (AvgIpc) is 3.20. The molecule has 0 N–H and O–H groups in total. The third-order valence-corrected chi connectivity index (χ3v) is 6.49. The third-order valence-electron chi connectivity index (χ3n) is 5.45. The first-order valence-corrected chi connectivity index (χ1v) is 11.8. The van der Waals surface area contributed by atoms with E-state index in [2.05, 4.69) is 74.4 Å². The largest absolute Gasteiger partial charge is 0.309 e. The minimum atomic E-state index is 0. The molecule has 4 aromatic rings. The normalized spacial score (nSPS) is 10.9. The van der Waals surface area contributed by atoms with E-state index < -0.39 is 0 Å². The molecule has 0 unspecified atom stereocenters. The molecule has 6 heteroatoms. The van der Waals surface area contributed by atoms with Crippen molar-refractivity contribution in [1.29, 1.82) is 0 Å². The van der Waals surface area contributed by atoms with Crippen LogP contribution in [0.2, 0.25) is 0 Å². The number of hydrogen-bond acceptors (Lipinski definition) is 4. The van der Waals surface area contributed by atoms with E-state index in [4.69, 9.17) is 4.98 Å². The van der Waals surface area contributed by atoms with Crippen LogP contribution in [0.4, 0.5) is 5.13 Å². The quantitative estimate of drug-likeness (QED) is 0.301. The highest BCUT2D eigenvalue weighted by atomic mass is 35.5. The minimum absolute atomic E-state index is 0. The fourth-order valence-electron chi connectivity index (χ4n) is 3.72. The van der Waals surface area contributed by atoms with E-state index in [-0.39, 0.29) is 18.3 Å². The number of nitrogens with zero attached hydrogens (tertiary/aromatic N) is 3. The Bertz CT molecular complexity index is 1190. The maximum atomic E-state index is 13.5. The molecule has 0 saturated carbocycles. The Balaban J connectivity index is 0.00000306. The van der Waals surface area contributed by atoms with Crippen molar-refractivity contribution in [1.82, 2.24) is 9.88 Å². The number of fused-ring (bicyclic) bond motifs is 1. The molecule has 0 saturated heterocycles. The molecule has 33 heavy (non-hydrogen) atoms. The van der Waals surface area contributed by atoms with Crippen LogP contribution in [0.1, 0.15) is 33.5 Å². The van der Waals surface area contributed by atoms with Gasteiger partial charge in [-0.25, -0.2) is 4.98 Å². The monoisotopic (exact) mass is 479 g/mol. The number of amides is 1. The zero-order chi connectivity index (χ0) is 22.5. The Hall–Kier alpha value is -2.73. The van der Waals surface area contributed by atoms with Crippen molar-refractivity contribution >= 4 is 45.0 Å². The summed E-state index contributed by atoms with van der Waals surface area (Å²) in [4.78, 5) is 22.3. The molecule has 1 amide bonds. The SMILES string of the molecule is Cc1ccc2nc(N(CCCN(C)C)C(=O)c3ccc(Cc4ccccc4)cc3)sc2c1.Cl. The van der Waals surface area contributed by atoms with Crippen molar-refractivity contribution in [3.05, 3.63) is 95.1 Å². The van der Waals surface area contributed by atoms with E-state index >= 15 is 0 Å². The van der Waals surface area contributed by atoms with Crippen LogP contribution >= 0.6 is 23.7 Å². The topological polar surface area (TPSA) is 36.4 Å². The minimum Gasteiger partial charge on any atom is -0.309 e. The van der Waals surface area contributed by atoms with E-state index in [1.807, 2.05) is 29.2 Å². The van der Waals surface area contributed by atoms with Crippen LogP contribution in [-0.2, 0) is 6.42 Å². The highest BCUT2D eigenvalue weighted by molar-refractivity contribution is 7.22. The number of rotatable bonds is 8. The molecule has 0 atom stereocenters. The van der Waals surface area contributed by atoms with Gasteiger partial charge in [0.25, 0.3) is 5.91 Å². The van der Waals surface area contributed by atoms with Crippen LogP contribution in [0.5, 0.6) is 0 Å². The van der Waals surface area contributed by atoms with Gasteiger partial charge in [-0.3, -0.25) is 9.69 Å². The number of carbonyl (C=O) groups excluding carboxylic acids is 1. The van der Waals surface area contributed by atoms with Gasteiger partial charge in [-0.15, -0.1) is 12.4 Å². The maximum Gasteiger partial charge on any atom is 0.260 e. The summed E-state index contributed by atoms with van der Waals surface area (Å²) < 4.78 is 1.11. The Morgan fingerprint density at radius 1 is 0.909 bits per heavy atom. The highest BCUT2D eigenvalue weighted by Crippen LogP contribution is 2.30. The first-order valence-electron chi connectivity index (χ1n) is 11.0. The Morgan fingerprint density at radius 3 is 2.30 bits per heavy atom. The van der Waals surface area contributed by atoms with Crippen molar-refractivity contribution < 1.29 is 4.79 Å². The standard InChI is InChI=1S/C27H29N3OS.ClH/c1-20-10-15-24-25(18-20)32-27(28-24)30(17-7-16-29(2)3)26(31)23-13-11-22(12-14-23)19-21-8-5-4-6-9-21;/h4-6,8-15,18H,7,16-17,19H2,1-3H3;1H. The molecule has 172 valence electrons. The first-order chi connectivity index (χ1) is 15.5. The lowest BCUT2D eigenvalue weighted by Gasteiger charge is -2.21. The van der Waals surface area contributed by atoms with Gasteiger partial charge in [0.15, 0.2) is 5.13 Å². The number of benzene rings is 3. The lowest BCUT2D eigenvalue weighted by molar-refractivity contribution is 0.0986. The number of aromatic nitrogens is 1. The summed E-state index contributed by atoms with van der Waals surface area (Å²) in [6.07, 6.45) is 1.75. The van der Waals surface area contributed by atoms with Crippen LogP contribution in [0.3, 0.4) is 0 Å². The fourth-order valence-corrected chi connectivity index (χ4v) is 4.80. The van der Waals surface area contributed by atoms with E-state index in [0.717, 1.165) is 34.7 Å². The lowest BCUT2D eigenvalue weighted by atomic mass is 10.0. The summed E-state index contributed by atoms with van der Waals surface area (Å²) in [7, 11) is 4.11. The second-order valence-electron chi connectivity index (χ2n) is 8.44. The second kappa shape index (κ2) is 11.4. The Kier molecular flexibility index (Phi) is 8.61. The van der Waals surface area contributed by atoms with Gasteiger partial charge in [0.05, 0.1) is 10.2 Å². The van der Waals surface area contributed by atoms with Gasteiger partial charge in [0, 0.05) is 12.1 Å². The molecular weight excluding hydrogens is 450 g/mol. The van der Waals surface area contributed by atoms with E-state index in [0.29, 0.717) is 12.1 Å². The van der Waals surface area contributed by atoms with E-state index in [1.165, 1.54) is 16.7 Å². The number of carbonyl (C=O) groups is 1. The predicted molar refractivity (Wildman–Crippen MR) is 142 cm³/mol. The summed E-state index contributed by atoms with van der Waals surface area (Å²) in [5.41, 5.74) is 5.30. The van der Waals surface area contributed by atoms with Gasteiger partial charge >= 0.3 is 0 Å². The number of halogens is 1. The Labute approximate surface area is 206 Å². The molecule has 3 aromatic carbocycles. The molecule has 0 aliphatic rings.